The van der Waals surface area contributed by atoms with E-state index in [1.54, 1.807) is 0 Å². The van der Waals surface area contributed by atoms with Crippen molar-refractivity contribution in [2.24, 2.45) is 0 Å². The Hall–Kier alpha value is -1.25. The van der Waals surface area contributed by atoms with Gasteiger partial charge in [-0.2, -0.15) is 0 Å². The van der Waals surface area contributed by atoms with Gasteiger partial charge in [0.25, 0.3) is 0 Å². The topological polar surface area (TPSA) is 93.2 Å². The van der Waals surface area contributed by atoms with Crippen LogP contribution in [0.5, 0.6) is 0 Å². The SMILES string of the molecule is CCNc1ncc(S(=O)(=O)NC2CCOC(C)C2)cn1. The van der Waals surface area contributed by atoms with Crippen molar-refractivity contribution < 1.29 is 13.2 Å². The molecule has 1 aliphatic rings. The number of anilines is 1. The van der Waals surface area contributed by atoms with Crippen molar-refractivity contribution in [1.29, 1.82) is 0 Å². The van der Waals surface area contributed by atoms with Crippen molar-refractivity contribution in [3.8, 4) is 0 Å². The van der Waals surface area contributed by atoms with Crippen LogP contribution in [-0.4, -0.2) is 43.7 Å². The van der Waals surface area contributed by atoms with Gasteiger partial charge in [-0.05, 0) is 26.7 Å². The molecular formula is C12H20N4O3S. The minimum atomic E-state index is -3.57. The van der Waals surface area contributed by atoms with Gasteiger partial charge in [-0.3, -0.25) is 0 Å². The van der Waals surface area contributed by atoms with E-state index in [4.69, 9.17) is 4.74 Å². The molecule has 2 heterocycles. The van der Waals surface area contributed by atoms with Crippen molar-refractivity contribution in [2.75, 3.05) is 18.5 Å². The van der Waals surface area contributed by atoms with Crippen molar-refractivity contribution in [3.05, 3.63) is 12.4 Å². The van der Waals surface area contributed by atoms with Gasteiger partial charge in [0, 0.05) is 19.2 Å². The van der Waals surface area contributed by atoms with Gasteiger partial charge in [0.15, 0.2) is 0 Å². The monoisotopic (exact) mass is 300 g/mol. The quantitative estimate of drug-likeness (QED) is 0.833. The maximum atomic E-state index is 12.2. The lowest BCUT2D eigenvalue weighted by Gasteiger charge is -2.27. The highest BCUT2D eigenvalue weighted by atomic mass is 32.2. The van der Waals surface area contributed by atoms with Crippen molar-refractivity contribution in [1.82, 2.24) is 14.7 Å². The zero-order chi connectivity index (χ0) is 14.6. The Balaban J connectivity index is 2.05. The summed E-state index contributed by atoms with van der Waals surface area (Å²) in [5.74, 6) is 0.422. The van der Waals surface area contributed by atoms with Gasteiger partial charge in [0.1, 0.15) is 4.90 Å². The average Bonchev–Trinajstić information content (AvgIpc) is 2.39. The summed E-state index contributed by atoms with van der Waals surface area (Å²) in [7, 11) is -3.57. The van der Waals surface area contributed by atoms with Crippen LogP contribution >= 0.6 is 0 Å². The van der Waals surface area contributed by atoms with Crippen molar-refractivity contribution >= 4 is 16.0 Å². The second kappa shape index (κ2) is 6.47. The normalized spacial score (nSPS) is 23.5. The Morgan fingerprint density at radius 3 is 2.70 bits per heavy atom. The van der Waals surface area contributed by atoms with Gasteiger partial charge < -0.3 is 10.1 Å². The largest absolute Gasteiger partial charge is 0.378 e. The predicted molar refractivity (Wildman–Crippen MR) is 75.0 cm³/mol. The van der Waals surface area contributed by atoms with E-state index in [1.807, 2.05) is 13.8 Å². The van der Waals surface area contributed by atoms with E-state index >= 15 is 0 Å². The first-order valence-corrected chi connectivity index (χ1v) is 8.19. The lowest BCUT2D eigenvalue weighted by Crippen LogP contribution is -2.41. The Bertz CT molecular complexity index is 532. The average molecular weight is 300 g/mol. The molecule has 2 atom stereocenters. The van der Waals surface area contributed by atoms with Crippen LogP contribution in [-0.2, 0) is 14.8 Å². The molecule has 2 N–H and O–H groups in total. The van der Waals surface area contributed by atoms with Crippen LogP contribution < -0.4 is 10.0 Å². The minimum Gasteiger partial charge on any atom is -0.378 e. The summed E-state index contributed by atoms with van der Waals surface area (Å²) in [6, 6.07) is -0.0998. The minimum absolute atomic E-state index is 0.0730. The Morgan fingerprint density at radius 1 is 1.40 bits per heavy atom. The van der Waals surface area contributed by atoms with Crippen molar-refractivity contribution in [3.63, 3.8) is 0 Å². The number of nitrogens with zero attached hydrogens (tertiary/aromatic N) is 2. The number of rotatable bonds is 5. The van der Waals surface area contributed by atoms with Crippen LogP contribution in [0, 0.1) is 0 Å². The third kappa shape index (κ3) is 3.87. The summed E-state index contributed by atoms with van der Waals surface area (Å²) in [6.07, 6.45) is 4.06. The summed E-state index contributed by atoms with van der Waals surface area (Å²) in [5.41, 5.74) is 0. The first-order chi connectivity index (χ1) is 9.51. The van der Waals surface area contributed by atoms with Gasteiger partial charge in [0.05, 0.1) is 18.5 Å². The summed E-state index contributed by atoms with van der Waals surface area (Å²) in [6.45, 7) is 5.12. The number of sulfonamides is 1. The van der Waals surface area contributed by atoms with Crippen LogP contribution in [0.4, 0.5) is 5.95 Å². The maximum Gasteiger partial charge on any atom is 0.243 e. The second-order valence-corrected chi connectivity index (χ2v) is 6.51. The molecule has 1 aromatic rings. The molecule has 2 unspecified atom stereocenters. The molecule has 0 aliphatic carbocycles. The fourth-order valence-electron chi connectivity index (χ4n) is 2.10. The van der Waals surface area contributed by atoms with Gasteiger partial charge in [0.2, 0.25) is 16.0 Å². The summed E-state index contributed by atoms with van der Waals surface area (Å²) >= 11 is 0. The van der Waals surface area contributed by atoms with Gasteiger partial charge in [-0.15, -0.1) is 0 Å². The third-order valence-corrected chi connectivity index (χ3v) is 4.56. The Labute approximate surface area is 119 Å². The first-order valence-electron chi connectivity index (χ1n) is 6.71. The van der Waals surface area contributed by atoms with Gasteiger partial charge >= 0.3 is 0 Å². The number of hydrogen-bond acceptors (Lipinski definition) is 6. The van der Waals surface area contributed by atoms with Crippen molar-refractivity contribution in [2.45, 2.75) is 43.7 Å². The third-order valence-electron chi connectivity index (χ3n) is 3.08. The van der Waals surface area contributed by atoms with Crippen LogP contribution in [0.3, 0.4) is 0 Å². The van der Waals surface area contributed by atoms with Gasteiger partial charge in [-0.25, -0.2) is 23.1 Å². The van der Waals surface area contributed by atoms with Gasteiger partial charge in [-0.1, -0.05) is 0 Å². The molecule has 2 rings (SSSR count). The highest BCUT2D eigenvalue weighted by Gasteiger charge is 2.25. The molecule has 1 aromatic heterocycles. The zero-order valence-electron chi connectivity index (χ0n) is 11.7. The molecule has 0 spiro atoms. The Morgan fingerprint density at radius 2 is 2.10 bits per heavy atom. The highest BCUT2D eigenvalue weighted by molar-refractivity contribution is 7.89. The second-order valence-electron chi connectivity index (χ2n) is 4.80. The Kier molecular flexibility index (Phi) is 4.90. The molecule has 0 bridgehead atoms. The summed E-state index contributed by atoms with van der Waals surface area (Å²) in [5, 5.41) is 2.92. The summed E-state index contributed by atoms with van der Waals surface area (Å²) in [4.78, 5) is 8.04. The first kappa shape index (κ1) is 15.1. The van der Waals surface area contributed by atoms with E-state index in [1.165, 1.54) is 12.4 Å². The van der Waals surface area contributed by atoms with Crippen LogP contribution in [0.1, 0.15) is 26.7 Å². The number of ether oxygens (including phenoxy) is 1. The predicted octanol–water partition coefficient (Wildman–Crippen LogP) is 0.754. The van der Waals surface area contributed by atoms with E-state index in [9.17, 15) is 8.42 Å². The van der Waals surface area contributed by atoms with E-state index in [0.29, 0.717) is 31.9 Å². The number of hydrogen-bond donors (Lipinski definition) is 2. The van der Waals surface area contributed by atoms with E-state index in [-0.39, 0.29) is 17.0 Å². The molecule has 0 aromatic carbocycles. The number of nitrogens with one attached hydrogen (secondary N) is 2. The molecule has 1 saturated heterocycles. The van der Waals surface area contributed by atoms with Crippen LogP contribution in [0.2, 0.25) is 0 Å². The zero-order valence-corrected chi connectivity index (χ0v) is 12.5. The molecule has 0 radical (unpaired) electrons. The molecule has 1 fully saturated rings. The molecule has 112 valence electrons. The van der Waals surface area contributed by atoms with Crippen LogP contribution in [0.15, 0.2) is 17.3 Å². The lowest BCUT2D eigenvalue weighted by molar-refractivity contribution is 0.0173. The molecule has 0 saturated carbocycles. The standard InChI is InChI=1S/C12H20N4O3S/c1-3-13-12-14-7-11(8-15-12)20(17,18)16-10-4-5-19-9(2)6-10/h7-10,16H,3-6H2,1-2H3,(H,13,14,15). The molecule has 7 nitrogen and oxygen atoms in total. The molecule has 1 aliphatic heterocycles. The highest BCUT2D eigenvalue weighted by Crippen LogP contribution is 2.16. The fraction of sp³-hybridized carbons (Fsp3) is 0.667. The molecule has 0 amide bonds. The lowest BCUT2D eigenvalue weighted by atomic mass is 10.1. The van der Waals surface area contributed by atoms with Crippen LogP contribution in [0.25, 0.3) is 0 Å². The molecule has 8 heteroatoms. The van der Waals surface area contributed by atoms with E-state index in [2.05, 4.69) is 20.0 Å². The molecule has 20 heavy (non-hydrogen) atoms. The maximum absolute atomic E-state index is 12.2. The smallest absolute Gasteiger partial charge is 0.243 e. The van der Waals surface area contributed by atoms with E-state index < -0.39 is 10.0 Å². The fourth-order valence-corrected chi connectivity index (χ4v) is 3.27. The number of aromatic nitrogens is 2. The molecular weight excluding hydrogens is 280 g/mol. The summed E-state index contributed by atoms with van der Waals surface area (Å²) < 4.78 is 32.5. The van der Waals surface area contributed by atoms with E-state index in [0.717, 1.165) is 0 Å².